The minimum absolute atomic E-state index is 0.255. The van der Waals surface area contributed by atoms with Gasteiger partial charge in [0, 0.05) is 18.5 Å². The summed E-state index contributed by atoms with van der Waals surface area (Å²) < 4.78 is 12.9. The Morgan fingerprint density at radius 2 is 2.00 bits per heavy atom. The number of anilines is 2. The van der Waals surface area contributed by atoms with E-state index in [1.165, 1.54) is 31.4 Å². The van der Waals surface area contributed by atoms with Crippen LogP contribution in [0.2, 0.25) is 0 Å². The van der Waals surface area contributed by atoms with Crippen LogP contribution in [0.15, 0.2) is 18.2 Å². The van der Waals surface area contributed by atoms with E-state index < -0.39 is 0 Å². The topological polar surface area (TPSA) is 29.3 Å². The summed E-state index contributed by atoms with van der Waals surface area (Å²) in [4.78, 5) is 2.26. The molecule has 1 aromatic carbocycles. The molecule has 1 saturated carbocycles. The van der Waals surface area contributed by atoms with Gasteiger partial charge in [-0.1, -0.05) is 6.42 Å². The van der Waals surface area contributed by atoms with Gasteiger partial charge >= 0.3 is 0 Å². The normalized spacial score (nSPS) is 22.3. The molecule has 1 spiro atoms. The third-order valence-electron chi connectivity index (χ3n) is 3.80. The molecule has 1 heterocycles. The maximum atomic E-state index is 12.9. The summed E-state index contributed by atoms with van der Waals surface area (Å²) in [6.07, 6.45) is 4.07. The minimum Gasteiger partial charge on any atom is -0.397 e. The Balaban J connectivity index is 1.77. The van der Waals surface area contributed by atoms with Gasteiger partial charge in [-0.2, -0.15) is 0 Å². The van der Waals surface area contributed by atoms with Crippen molar-refractivity contribution in [2.24, 2.45) is 5.41 Å². The van der Waals surface area contributed by atoms with Crippen LogP contribution in [-0.2, 0) is 0 Å². The fraction of sp³-hybridized carbons (Fsp3) is 0.500. The molecule has 1 aromatic rings. The summed E-state index contributed by atoms with van der Waals surface area (Å²) in [5.74, 6) is -0.255. The average molecular weight is 206 g/mol. The van der Waals surface area contributed by atoms with Gasteiger partial charge in [0.25, 0.3) is 0 Å². The standard InChI is InChI=1S/C12H15FN2/c13-9-2-3-11(10(14)6-9)15-7-12(8-15)4-1-5-12/h2-3,6H,1,4-5,7-8,14H2. The van der Waals surface area contributed by atoms with Crippen molar-refractivity contribution < 1.29 is 4.39 Å². The monoisotopic (exact) mass is 206 g/mol. The molecule has 2 nitrogen and oxygen atoms in total. The number of hydrogen-bond acceptors (Lipinski definition) is 2. The van der Waals surface area contributed by atoms with Gasteiger partial charge in [-0.05, 0) is 31.0 Å². The molecule has 0 radical (unpaired) electrons. The molecule has 0 amide bonds. The highest BCUT2D eigenvalue weighted by molar-refractivity contribution is 5.69. The Kier molecular flexibility index (Phi) is 1.73. The van der Waals surface area contributed by atoms with Gasteiger partial charge in [0.05, 0.1) is 11.4 Å². The highest BCUT2D eigenvalue weighted by Crippen LogP contribution is 2.50. The van der Waals surface area contributed by atoms with Gasteiger partial charge in [0.2, 0.25) is 0 Å². The van der Waals surface area contributed by atoms with E-state index in [2.05, 4.69) is 4.90 Å². The zero-order chi connectivity index (χ0) is 10.5. The van der Waals surface area contributed by atoms with Crippen molar-refractivity contribution >= 4 is 11.4 Å². The molecule has 2 aliphatic rings. The number of benzene rings is 1. The Morgan fingerprint density at radius 3 is 2.53 bits per heavy atom. The molecule has 0 aromatic heterocycles. The molecule has 0 atom stereocenters. The predicted octanol–water partition coefficient (Wildman–Crippen LogP) is 2.40. The van der Waals surface area contributed by atoms with E-state index in [-0.39, 0.29) is 5.82 Å². The fourth-order valence-corrected chi connectivity index (χ4v) is 2.74. The molecule has 3 rings (SSSR count). The second kappa shape index (κ2) is 2.87. The van der Waals surface area contributed by atoms with Crippen LogP contribution >= 0.6 is 0 Å². The lowest BCUT2D eigenvalue weighted by Gasteiger charge is -2.57. The minimum atomic E-state index is -0.255. The molecular formula is C12H15FN2. The first-order chi connectivity index (χ1) is 7.19. The summed E-state index contributed by atoms with van der Waals surface area (Å²) in [5, 5.41) is 0. The first kappa shape index (κ1) is 9.01. The molecule has 1 aliphatic carbocycles. The summed E-state index contributed by atoms with van der Waals surface area (Å²) >= 11 is 0. The van der Waals surface area contributed by atoms with Gasteiger partial charge in [0.1, 0.15) is 5.82 Å². The Hall–Kier alpha value is -1.25. The van der Waals surface area contributed by atoms with Crippen LogP contribution in [0.3, 0.4) is 0 Å². The van der Waals surface area contributed by atoms with Gasteiger partial charge in [0.15, 0.2) is 0 Å². The second-order valence-electron chi connectivity index (χ2n) is 4.91. The first-order valence-electron chi connectivity index (χ1n) is 5.49. The Morgan fingerprint density at radius 1 is 1.27 bits per heavy atom. The van der Waals surface area contributed by atoms with Gasteiger partial charge in [-0.25, -0.2) is 4.39 Å². The number of rotatable bonds is 1. The summed E-state index contributed by atoms with van der Waals surface area (Å²) in [6, 6.07) is 4.68. The van der Waals surface area contributed by atoms with Crippen LogP contribution < -0.4 is 10.6 Å². The average Bonchev–Trinajstić information content (AvgIpc) is 2.03. The van der Waals surface area contributed by atoms with E-state index in [0.29, 0.717) is 11.1 Å². The fourth-order valence-electron chi connectivity index (χ4n) is 2.74. The predicted molar refractivity (Wildman–Crippen MR) is 59.3 cm³/mol. The van der Waals surface area contributed by atoms with E-state index >= 15 is 0 Å². The molecular weight excluding hydrogens is 191 g/mol. The molecule has 0 bridgehead atoms. The Bertz CT molecular complexity index is 391. The molecule has 1 saturated heterocycles. The second-order valence-corrected chi connectivity index (χ2v) is 4.91. The van der Waals surface area contributed by atoms with Crippen LogP contribution in [0.1, 0.15) is 19.3 Å². The summed E-state index contributed by atoms with van der Waals surface area (Å²) in [6.45, 7) is 2.20. The van der Waals surface area contributed by atoms with Crippen molar-refractivity contribution in [2.45, 2.75) is 19.3 Å². The number of nitrogens with two attached hydrogens (primary N) is 1. The van der Waals surface area contributed by atoms with E-state index in [0.717, 1.165) is 18.8 Å². The number of hydrogen-bond donors (Lipinski definition) is 1. The van der Waals surface area contributed by atoms with Gasteiger partial charge in [-0.3, -0.25) is 0 Å². The molecule has 15 heavy (non-hydrogen) atoms. The van der Waals surface area contributed by atoms with Crippen LogP contribution in [-0.4, -0.2) is 13.1 Å². The lowest BCUT2D eigenvalue weighted by atomic mass is 9.63. The van der Waals surface area contributed by atoms with Crippen molar-refractivity contribution in [3.8, 4) is 0 Å². The van der Waals surface area contributed by atoms with Crippen LogP contribution in [0.4, 0.5) is 15.8 Å². The lowest BCUT2D eigenvalue weighted by molar-refractivity contribution is 0.0905. The quantitative estimate of drug-likeness (QED) is 0.715. The maximum Gasteiger partial charge on any atom is 0.125 e. The van der Waals surface area contributed by atoms with Crippen molar-refractivity contribution in [3.05, 3.63) is 24.0 Å². The van der Waals surface area contributed by atoms with Crippen LogP contribution in [0.25, 0.3) is 0 Å². The van der Waals surface area contributed by atoms with Crippen molar-refractivity contribution in [1.29, 1.82) is 0 Å². The zero-order valence-corrected chi connectivity index (χ0v) is 8.67. The van der Waals surface area contributed by atoms with Crippen molar-refractivity contribution in [1.82, 2.24) is 0 Å². The molecule has 1 aliphatic heterocycles. The van der Waals surface area contributed by atoms with E-state index in [9.17, 15) is 4.39 Å². The smallest absolute Gasteiger partial charge is 0.125 e. The first-order valence-corrected chi connectivity index (χ1v) is 5.49. The van der Waals surface area contributed by atoms with E-state index in [1.807, 2.05) is 0 Å². The third-order valence-corrected chi connectivity index (χ3v) is 3.80. The van der Waals surface area contributed by atoms with Crippen molar-refractivity contribution in [3.63, 3.8) is 0 Å². The number of nitrogen functional groups attached to an aromatic ring is 1. The molecule has 3 heteroatoms. The van der Waals surface area contributed by atoms with Gasteiger partial charge in [-0.15, -0.1) is 0 Å². The lowest BCUT2D eigenvalue weighted by Crippen LogP contribution is -2.60. The molecule has 0 unspecified atom stereocenters. The van der Waals surface area contributed by atoms with Gasteiger partial charge < -0.3 is 10.6 Å². The SMILES string of the molecule is Nc1cc(F)ccc1N1CC2(CCC2)C1. The highest BCUT2D eigenvalue weighted by atomic mass is 19.1. The molecule has 80 valence electrons. The van der Waals surface area contributed by atoms with Crippen LogP contribution in [0.5, 0.6) is 0 Å². The molecule has 2 N–H and O–H groups in total. The molecule has 2 fully saturated rings. The Labute approximate surface area is 88.9 Å². The largest absolute Gasteiger partial charge is 0.397 e. The van der Waals surface area contributed by atoms with Crippen molar-refractivity contribution in [2.75, 3.05) is 23.7 Å². The third kappa shape index (κ3) is 1.29. The maximum absolute atomic E-state index is 12.9. The number of halogens is 1. The van der Waals surface area contributed by atoms with Crippen LogP contribution in [0, 0.1) is 11.2 Å². The van der Waals surface area contributed by atoms with E-state index in [4.69, 9.17) is 5.73 Å². The number of nitrogens with zero attached hydrogens (tertiary/aromatic N) is 1. The summed E-state index contributed by atoms with van der Waals surface area (Å²) in [5.41, 5.74) is 7.94. The zero-order valence-electron chi connectivity index (χ0n) is 8.67. The highest BCUT2D eigenvalue weighted by Gasteiger charge is 2.47. The summed E-state index contributed by atoms with van der Waals surface area (Å²) in [7, 11) is 0. The van der Waals surface area contributed by atoms with E-state index in [1.54, 1.807) is 6.07 Å².